The number of aromatic nitrogens is 2. The van der Waals surface area contributed by atoms with Gasteiger partial charge >= 0.3 is 0 Å². The molecule has 16 heavy (non-hydrogen) atoms. The molecule has 0 amide bonds. The third-order valence-electron chi connectivity index (χ3n) is 1.83. The monoisotopic (exact) mass is 255 g/mol. The first-order valence-electron chi connectivity index (χ1n) is 4.37. The van der Waals surface area contributed by atoms with Crippen LogP contribution in [0.5, 0.6) is 11.6 Å². The Hall–Kier alpha value is -1.52. The fraction of sp³-hybridized carbons (Fsp3) is 0. The van der Waals surface area contributed by atoms with Crippen LogP contribution in [0.1, 0.15) is 0 Å². The minimum Gasteiger partial charge on any atom is -0.436 e. The fourth-order valence-corrected chi connectivity index (χ4v) is 1.38. The molecule has 0 bridgehead atoms. The van der Waals surface area contributed by atoms with Gasteiger partial charge in [0.05, 0.1) is 5.02 Å². The van der Waals surface area contributed by atoms with Gasteiger partial charge in [0, 0.05) is 0 Å². The first-order valence-corrected chi connectivity index (χ1v) is 5.12. The van der Waals surface area contributed by atoms with Gasteiger partial charge in [-0.2, -0.15) is 4.98 Å². The lowest BCUT2D eigenvalue weighted by atomic mass is 10.3. The molecule has 2 rings (SSSR count). The number of nitrogen functional groups attached to an aromatic ring is 1. The zero-order valence-electron chi connectivity index (χ0n) is 8.02. The van der Waals surface area contributed by atoms with Crippen molar-refractivity contribution in [3.05, 3.63) is 40.6 Å². The molecule has 0 aliphatic carbocycles. The van der Waals surface area contributed by atoms with E-state index >= 15 is 0 Å². The summed E-state index contributed by atoms with van der Waals surface area (Å²) in [6, 6.07) is 7.00. The summed E-state index contributed by atoms with van der Waals surface area (Å²) in [7, 11) is 0. The molecule has 2 aromatic rings. The second-order valence-electron chi connectivity index (χ2n) is 2.91. The number of anilines is 1. The lowest BCUT2D eigenvalue weighted by molar-refractivity contribution is 0.462. The van der Waals surface area contributed by atoms with E-state index in [1.165, 1.54) is 6.33 Å². The number of benzene rings is 1. The number of hydrogen-bond donors (Lipinski definition) is 1. The topological polar surface area (TPSA) is 61.0 Å². The lowest BCUT2D eigenvalue weighted by Gasteiger charge is -2.07. The fourth-order valence-electron chi connectivity index (χ4n) is 1.07. The lowest BCUT2D eigenvalue weighted by Crippen LogP contribution is -1.96. The Labute approximate surface area is 102 Å². The van der Waals surface area contributed by atoms with Crippen LogP contribution in [-0.2, 0) is 0 Å². The Bertz CT molecular complexity index is 519. The van der Waals surface area contributed by atoms with E-state index in [4.69, 9.17) is 33.7 Å². The highest BCUT2D eigenvalue weighted by molar-refractivity contribution is 6.34. The standard InChI is InChI=1S/C10H7Cl2N3O/c11-6-3-1-2-4-7(6)16-10-8(12)9(13)14-5-15-10/h1-5H,(H2,13,14,15). The van der Waals surface area contributed by atoms with Gasteiger partial charge in [-0.1, -0.05) is 35.3 Å². The Morgan fingerprint density at radius 2 is 1.88 bits per heavy atom. The van der Waals surface area contributed by atoms with E-state index in [1.807, 2.05) is 0 Å². The zero-order valence-corrected chi connectivity index (χ0v) is 9.53. The van der Waals surface area contributed by atoms with Gasteiger partial charge in [-0.3, -0.25) is 0 Å². The normalized spacial score (nSPS) is 10.1. The van der Waals surface area contributed by atoms with Crippen molar-refractivity contribution in [1.82, 2.24) is 9.97 Å². The van der Waals surface area contributed by atoms with Gasteiger partial charge in [-0.25, -0.2) is 4.98 Å². The van der Waals surface area contributed by atoms with Crippen molar-refractivity contribution in [2.75, 3.05) is 5.73 Å². The van der Waals surface area contributed by atoms with Gasteiger partial charge in [0.2, 0.25) is 5.88 Å². The van der Waals surface area contributed by atoms with Crippen molar-refractivity contribution in [3.63, 3.8) is 0 Å². The summed E-state index contributed by atoms with van der Waals surface area (Å²) < 4.78 is 5.43. The number of ether oxygens (including phenoxy) is 1. The quantitative estimate of drug-likeness (QED) is 0.896. The molecule has 6 heteroatoms. The van der Waals surface area contributed by atoms with Crippen LogP contribution in [-0.4, -0.2) is 9.97 Å². The van der Waals surface area contributed by atoms with Gasteiger partial charge in [0.1, 0.15) is 22.9 Å². The number of nitrogens with two attached hydrogens (primary N) is 1. The van der Waals surface area contributed by atoms with Crippen LogP contribution in [0.25, 0.3) is 0 Å². The Morgan fingerprint density at radius 3 is 2.62 bits per heavy atom. The molecule has 0 atom stereocenters. The van der Waals surface area contributed by atoms with E-state index in [0.29, 0.717) is 10.8 Å². The molecule has 82 valence electrons. The van der Waals surface area contributed by atoms with Gasteiger partial charge < -0.3 is 10.5 Å². The smallest absolute Gasteiger partial charge is 0.243 e. The molecule has 0 spiro atoms. The molecule has 0 aliphatic heterocycles. The summed E-state index contributed by atoms with van der Waals surface area (Å²) in [5.74, 6) is 0.810. The van der Waals surface area contributed by atoms with Crippen LogP contribution >= 0.6 is 23.2 Å². The van der Waals surface area contributed by atoms with Crippen LogP contribution in [0.4, 0.5) is 5.82 Å². The van der Waals surface area contributed by atoms with Gasteiger partial charge in [0.25, 0.3) is 0 Å². The van der Waals surface area contributed by atoms with E-state index in [2.05, 4.69) is 9.97 Å². The third kappa shape index (κ3) is 2.18. The SMILES string of the molecule is Nc1ncnc(Oc2ccccc2Cl)c1Cl. The molecule has 0 aliphatic rings. The summed E-state index contributed by atoms with van der Waals surface area (Å²) in [5, 5.41) is 0.637. The highest BCUT2D eigenvalue weighted by Gasteiger charge is 2.10. The number of rotatable bonds is 2. The van der Waals surface area contributed by atoms with Crippen molar-refractivity contribution in [2.24, 2.45) is 0 Å². The van der Waals surface area contributed by atoms with E-state index in [0.717, 1.165) is 0 Å². The minimum absolute atomic E-state index is 0.165. The predicted molar refractivity (Wildman–Crippen MR) is 63.0 cm³/mol. The van der Waals surface area contributed by atoms with Crippen LogP contribution in [0.2, 0.25) is 10.0 Å². The van der Waals surface area contributed by atoms with Crippen molar-refractivity contribution >= 4 is 29.0 Å². The van der Waals surface area contributed by atoms with E-state index < -0.39 is 0 Å². The molecule has 2 N–H and O–H groups in total. The summed E-state index contributed by atoms with van der Waals surface area (Å²) >= 11 is 11.8. The molecule has 0 saturated carbocycles. The van der Waals surface area contributed by atoms with Crippen LogP contribution in [0, 0.1) is 0 Å². The molecule has 4 nitrogen and oxygen atoms in total. The number of para-hydroxylation sites is 1. The molecule has 1 aromatic heterocycles. The maximum atomic E-state index is 5.92. The minimum atomic E-state index is 0.165. The Kier molecular flexibility index (Phi) is 3.12. The molecule has 0 radical (unpaired) electrons. The van der Waals surface area contributed by atoms with Crippen molar-refractivity contribution in [1.29, 1.82) is 0 Å². The van der Waals surface area contributed by atoms with E-state index in [9.17, 15) is 0 Å². The van der Waals surface area contributed by atoms with Gasteiger partial charge in [-0.15, -0.1) is 0 Å². The van der Waals surface area contributed by atoms with Crippen LogP contribution in [0.15, 0.2) is 30.6 Å². The van der Waals surface area contributed by atoms with Crippen molar-refractivity contribution < 1.29 is 4.74 Å². The summed E-state index contributed by atoms with van der Waals surface area (Å²) in [4.78, 5) is 7.60. The molecular weight excluding hydrogens is 249 g/mol. The van der Waals surface area contributed by atoms with E-state index in [1.54, 1.807) is 24.3 Å². The maximum absolute atomic E-state index is 5.92. The third-order valence-corrected chi connectivity index (χ3v) is 2.50. The summed E-state index contributed by atoms with van der Waals surface area (Å²) in [6.45, 7) is 0. The molecule has 0 unspecified atom stereocenters. The molecule has 1 aromatic carbocycles. The van der Waals surface area contributed by atoms with Crippen molar-refractivity contribution in [2.45, 2.75) is 0 Å². The second kappa shape index (κ2) is 4.55. The average Bonchev–Trinajstić information content (AvgIpc) is 2.28. The van der Waals surface area contributed by atoms with Crippen molar-refractivity contribution in [3.8, 4) is 11.6 Å². The van der Waals surface area contributed by atoms with Gasteiger partial charge in [0.15, 0.2) is 0 Å². The summed E-state index contributed by atoms with van der Waals surface area (Å²) in [6.07, 6.45) is 1.27. The van der Waals surface area contributed by atoms with Crippen LogP contribution < -0.4 is 10.5 Å². The molecule has 0 fully saturated rings. The predicted octanol–water partition coefficient (Wildman–Crippen LogP) is 3.16. The first-order chi connectivity index (χ1) is 7.68. The Morgan fingerprint density at radius 1 is 1.12 bits per heavy atom. The average molecular weight is 256 g/mol. The van der Waals surface area contributed by atoms with Crippen LogP contribution in [0.3, 0.4) is 0 Å². The maximum Gasteiger partial charge on any atom is 0.243 e. The highest BCUT2D eigenvalue weighted by atomic mass is 35.5. The second-order valence-corrected chi connectivity index (χ2v) is 3.70. The first kappa shape index (κ1) is 11.0. The Balaban J connectivity index is 2.35. The molecule has 0 saturated heterocycles. The largest absolute Gasteiger partial charge is 0.436 e. The zero-order chi connectivity index (χ0) is 11.5. The molecular formula is C10H7Cl2N3O. The number of halogens is 2. The summed E-state index contributed by atoms with van der Waals surface area (Å²) in [5.41, 5.74) is 5.52. The van der Waals surface area contributed by atoms with Gasteiger partial charge in [-0.05, 0) is 12.1 Å². The van der Waals surface area contributed by atoms with E-state index in [-0.39, 0.29) is 16.7 Å². The number of nitrogens with zero attached hydrogens (tertiary/aromatic N) is 2. The highest BCUT2D eigenvalue weighted by Crippen LogP contribution is 2.33. The molecule has 1 heterocycles. The number of hydrogen-bond acceptors (Lipinski definition) is 4.